The van der Waals surface area contributed by atoms with E-state index in [1.54, 1.807) is 23.9 Å². The normalized spacial score (nSPS) is 18.9. The van der Waals surface area contributed by atoms with Crippen molar-refractivity contribution in [2.45, 2.75) is 38.6 Å². The first-order valence-electron chi connectivity index (χ1n) is 10.0. The fraction of sp³-hybridized carbons (Fsp3) is 0.571. The van der Waals surface area contributed by atoms with Crippen molar-refractivity contribution in [1.82, 2.24) is 15.1 Å². The molecule has 0 aromatic heterocycles. The van der Waals surface area contributed by atoms with Crippen molar-refractivity contribution in [2.75, 3.05) is 38.6 Å². The summed E-state index contributed by atoms with van der Waals surface area (Å²) in [5.74, 6) is 0.303. The number of hydrogen-bond acceptors (Lipinski definition) is 3. The summed E-state index contributed by atoms with van der Waals surface area (Å²) in [5, 5.41) is 3.05. The summed E-state index contributed by atoms with van der Waals surface area (Å²) in [6, 6.07) is 7.55. The number of carbonyl (C=O) groups is 3. The molecule has 0 saturated carbocycles. The molecule has 1 atom stereocenters. The van der Waals surface area contributed by atoms with E-state index >= 15 is 0 Å². The highest BCUT2D eigenvalue weighted by Gasteiger charge is 2.29. The summed E-state index contributed by atoms with van der Waals surface area (Å²) in [5.41, 5.74) is 1.87. The molecule has 152 valence electrons. The number of rotatable bonds is 4. The van der Waals surface area contributed by atoms with Crippen molar-refractivity contribution in [2.24, 2.45) is 5.92 Å². The van der Waals surface area contributed by atoms with Gasteiger partial charge in [0.15, 0.2) is 0 Å². The molecule has 7 nitrogen and oxygen atoms in total. The number of amides is 4. The first kappa shape index (κ1) is 20.2. The summed E-state index contributed by atoms with van der Waals surface area (Å²) in [6.07, 6.45) is 2.89. The molecule has 1 aromatic carbocycles. The van der Waals surface area contributed by atoms with E-state index in [0.29, 0.717) is 32.4 Å². The zero-order chi connectivity index (χ0) is 20.3. The van der Waals surface area contributed by atoms with Crippen LogP contribution in [-0.2, 0) is 9.59 Å². The summed E-state index contributed by atoms with van der Waals surface area (Å²) in [6.45, 7) is 3.88. The summed E-state index contributed by atoms with van der Waals surface area (Å²) >= 11 is 0. The number of anilines is 1. The Labute approximate surface area is 166 Å². The molecule has 7 heteroatoms. The van der Waals surface area contributed by atoms with Gasteiger partial charge < -0.3 is 20.0 Å². The highest BCUT2D eigenvalue weighted by Crippen LogP contribution is 2.25. The Morgan fingerprint density at radius 2 is 1.89 bits per heavy atom. The Hall–Kier alpha value is -2.57. The van der Waals surface area contributed by atoms with E-state index in [1.807, 2.05) is 36.1 Å². The predicted molar refractivity (Wildman–Crippen MR) is 108 cm³/mol. The molecule has 2 aliphatic rings. The molecular formula is C21H30N4O3. The molecular weight excluding hydrogens is 356 g/mol. The molecule has 1 unspecified atom stereocenters. The number of urea groups is 1. The maximum Gasteiger partial charge on any atom is 0.317 e. The third-order valence-corrected chi connectivity index (χ3v) is 5.67. The number of nitrogens with one attached hydrogen (secondary N) is 1. The molecule has 28 heavy (non-hydrogen) atoms. The molecule has 1 N–H and O–H groups in total. The first-order chi connectivity index (χ1) is 13.4. The third-order valence-electron chi connectivity index (χ3n) is 5.67. The highest BCUT2D eigenvalue weighted by molar-refractivity contribution is 5.95. The molecule has 1 aromatic rings. The minimum atomic E-state index is -0.161. The summed E-state index contributed by atoms with van der Waals surface area (Å²) in [4.78, 5) is 41.9. The first-order valence-corrected chi connectivity index (χ1v) is 10.0. The van der Waals surface area contributed by atoms with E-state index in [4.69, 9.17) is 0 Å². The van der Waals surface area contributed by atoms with Gasteiger partial charge in [0, 0.05) is 51.8 Å². The standard InChI is InChI=1S/C21H30N4O3/c1-15(17-6-4-7-18(14-17)25-11-5-8-19(25)26)22-21(28)24-12-9-16(10-13-24)20(27)23(2)3/h4,6-7,14-16H,5,8-13H2,1-3H3,(H,22,28). The molecule has 2 saturated heterocycles. The van der Waals surface area contributed by atoms with Gasteiger partial charge in [0.1, 0.15) is 0 Å². The van der Waals surface area contributed by atoms with Crippen molar-refractivity contribution >= 4 is 23.5 Å². The number of piperidine rings is 1. The predicted octanol–water partition coefficient (Wildman–Crippen LogP) is 2.38. The van der Waals surface area contributed by atoms with Crippen LogP contribution in [-0.4, -0.2) is 61.4 Å². The van der Waals surface area contributed by atoms with E-state index in [9.17, 15) is 14.4 Å². The second kappa shape index (κ2) is 8.63. The van der Waals surface area contributed by atoms with Gasteiger partial charge in [-0.2, -0.15) is 0 Å². The SMILES string of the molecule is CC(NC(=O)N1CCC(C(=O)N(C)C)CC1)c1cccc(N2CCCC2=O)c1. The number of likely N-dealkylation sites (tertiary alicyclic amines) is 1. The monoisotopic (exact) mass is 386 g/mol. The van der Waals surface area contributed by atoms with Crippen molar-refractivity contribution in [3.05, 3.63) is 29.8 Å². The molecule has 0 spiro atoms. The fourth-order valence-corrected chi connectivity index (χ4v) is 3.94. The number of carbonyl (C=O) groups excluding carboxylic acids is 3. The van der Waals surface area contributed by atoms with Crippen molar-refractivity contribution in [1.29, 1.82) is 0 Å². The largest absolute Gasteiger partial charge is 0.349 e. The van der Waals surface area contributed by atoms with Crippen LogP contribution in [0.3, 0.4) is 0 Å². The number of hydrogen-bond donors (Lipinski definition) is 1. The average molecular weight is 386 g/mol. The Kier molecular flexibility index (Phi) is 6.21. The zero-order valence-corrected chi connectivity index (χ0v) is 17.0. The van der Waals surface area contributed by atoms with Crippen molar-refractivity contribution in [3.63, 3.8) is 0 Å². The lowest BCUT2D eigenvalue weighted by Gasteiger charge is -2.33. The molecule has 0 radical (unpaired) electrons. The van der Waals surface area contributed by atoms with Crippen LogP contribution in [0.4, 0.5) is 10.5 Å². The lowest BCUT2D eigenvalue weighted by molar-refractivity contribution is -0.134. The van der Waals surface area contributed by atoms with Crippen molar-refractivity contribution < 1.29 is 14.4 Å². The van der Waals surface area contributed by atoms with Gasteiger partial charge >= 0.3 is 6.03 Å². The maximum absolute atomic E-state index is 12.6. The summed E-state index contributed by atoms with van der Waals surface area (Å²) < 4.78 is 0. The molecule has 2 fully saturated rings. The van der Waals surface area contributed by atoms with Crippen molar-refractivity contribution in [3.8, 4) is 0 Å². The lowest BCUT2D eigenvalue weighted by Crippen LogP contribution is -2.47. The van der Waals surface area contributed by atoms with Gasteiger partial charge in [-0.3, -0.25) is 9.59 Å². The average Bonchev–Trinajstić information content (AvgIpc) is 3.13. The second-order valence-corrected chi connectivity index (χ2v) is 7.91. The Morgan fingerprint density at radius 3 is 2.50 bits per heavy atom. The van der Waals surface area contributed by atoms with Crippen LogP contribution in [0.5, 0.6) is 0 Å². The van der Waals surface area contributed by atoms with Crippen LogP contribution in [0.1, 0.15) is 44.2 Å². The van der Waals surface area contributed by atoms with E-state index in [-0.39, 0.29) is 29.8 Å². The van der Waals surface area contributed by atoms with Crippen LogP contribution in [0.2, 0.25) is 0 Å². The van der Waals surface area contributed by atoms with Crippen LogP contribution in [0, 0.1) is 5.92 Å². The molecule has 2 heterocycles. The smallest absolute Gasteiger partial charge is 0.317 e. The Balaban J connectivity index is 1.56. The van der Waals surface area contributed by atoms with Gasteiger partial charge in [-0.1, -0.05) is 12.1 Å². The number of nitrogens with zero attached hydrogens (tertiary/aromatic N) is 3. The van der Waals surface area contributed by atoms with Gasteiger partial charge in [-0.25, -0.2) is 4.79 Å². The van der Waals surface area contributed by atoms with Crippen LogP contribution >= 0.6 is 0 Å². The fourth-order valence-electron chi connectivity index (χ4n) is 3.94. The number of benzene rings is 1. The maximum atomic E-state index is 12.6. The minimum Gasteiger partial charge on any atom is -0.349 e. The Morgan fingerprint density at radius 1 is 1.18 bits per heavy atom. The van der Waals surface area contributed by atoms with E-state index < -0.39 is 0 Å². The molecule has 2 aliphatic heterocycles. The molecule has 0 aliphatic carbocycles. The lowest BCUT2D eigenvalue weighted by atomic mass is 9.96. The van der Waals surface area contributed by atoms with Gasteiger partial charge in [0.25, 0.3) is 0 Å². The molecule has 3 rings (SSSR count). The third kappa shape index (κ3) is 4.46. The van der Waals surface area contributed by atoms with Gasteiger partial charge in [-0.05, 0) is 43.9 Å². The second-order valence-electron chi connectivity index (χ2n) is 7.91. The van der Waals surface area contributed by atoms with Crippen LogP contribution in [0.25, 0.3) is 0 Å². The molecule has 4 amide bonds. The Bertz CT molecular complexity index is 741. The summed E-state index contributed by atoms with van der Waals surface area (Å²) in [7, 11) is 3.54. The minimum absolute atomic E-state index is 0.00570. The van der Waals surface area contributed by atoms with E-state index in [2.05, 4.69) is 5.32 Å². The van der Waals surface area contributed by atoms with Gasteiger partial charge in [0.05, 0.1) is 6.04 Å². The topological polar surface area (TPSA) is 73.0 Å². The highest BCUT2D eigenvalue weighted by atomic mass is 16.2. The van der Waals surface area contributed by atoms with E-state index in [0.717, 1.165) is 24.2 Å². The molecule has 0 bridgehead atoms. The van der Waals surface area contributed by atoms with Crippen LogP contribution < -0.4 is 10.2 Å². The quantitative estimate of drug-likeness (QED) is 0.864. The van der Waals surface area contributed by atoms with E-state index in [1.165, 1.54) is 0 Å². The van der Waals surface area contributed by atoms with Crippen LogP contribution in [0.15, 0.2) is 24.3 Å². The zero-order valence-electron chi connectivity index (χ0n) is 17.0. The van der Waals surface area contributed by atoms with Gasteiger partial charge in [0.2, 0.25) is 11.8 Å². The van der Waals surface area contributed by atoms with Gasteiger partial charge in [-0.15, -0.1) is 0 Å².